The van der Waals surface area contributed by atoms with E-state index in [4.69, 9.17) is 0 Å². The summed E-state index contributed by atoms with van der Waals surface area (Å²) in [6, 6.07) is 31.0. The minimum Gasteiger partial charge on any atom is -0.598 e. The van der Waals surface area contributed by atoms with E-state index in [2.05, 4.69) is 131 Å². The second-order valence-electron chi connectivity index (χ2n) is 11.7. The van der Waals surface area contributed by atoms with Crippen LogP contribution in [0.3, 0.4) is 0 Å². The Hall–Kier alpha value is -1.90. The standard InChI is InChI=1S/C32H38NOPS/c1-22-17-19-25(20-18-22)28(33-36(34)31(3,4)5)30-27(24-13-9-7-10-14-24)32(6)21-35(30)29(23(32)2)26-15-11-8-12-16-26/h7-20,27-28,30,33H,21H2,1-6H3/t27?,28-,30-,32-,35+,36-/m1/s1. The highest BCUT2D eigenvalue weighted by Crippen LogP contribution is 2.80. The van der Waals surface area contributed by atoms with Crippen molar-refractivity contribution in [2.24, 2.45) is 5.41 Å². The van der Waals surface area contributed by atoms with Crippen LogP contribution in [0.1, 0.15) is 68.8 Å². The third-order valence-corrected chi connectivity index (χ3v) is 13.2. The normalized spacial score (nSPS) is 27.4. The topological polar surface area (TPSA) is 35.1 Å². The van der Waals surface area contributed by atoms with Crippen molar-refractivity contribution in [3.63, 3.8) is 0 Å². The number of benzene rings is 3. The quantitative estimate of drug-likeness (QED) is 0.265. The smallest absolute Gasteiger partial charge is 0.136 e. The van der Waals surface area contributed by atoms with E-state index in [0.717, 1.165) is 0 Å². The van der Waals surface area contributed by atoms with E-state index >= 15 is 0 Å². The molecule has 2 nitrogen and oxygen atoms in total. The number of hydrogen-bond donors (Lipinski definition) is 1. The largest absolute Gasteiger partial charge is 0.598 e. The van der Waals surface area contributed by atoms with E-state index in [1.807, 2.05) is 0 Å². The molecule has 0 radical (unpaired) electrons. The first-order valence-electron chi connectivity index (χ1n) is 12.9. The van der Waals surface area contributed by atoms with Crippen LogP contribution in [0.25, 0.3) is 5.31 Å². The van der Waals surface area contributed by atoms with Crippen LogP contribution in [-0.4, -0.2) is 21.1 Å². The van der Waals surface area contributed by atoms with E-state index < -0.39 is 19.3 Å². The lowest BCUT2D eigenvalue weighted by Gasteiger charge is -2.43. The minimum atomic E-state index is -1.18. The summed E-state index contributed by atoms with van der Waals surface area (Å²) in [5.74, 6) is 0.369. The van der Waals surface area contributed by atoms with Crippen molar-refractivity contribution in [1.29, 1.82) is 0 Å². The molecule has 2 heterocycles. The Kier molecular flexibility index (Phi) is 6.98. The molecule has 2 aliphatic rings. The van der Waals surface area contributed by atoms with Crippen LogP contribution < -0.4 is 4.72 Å². The third kappa shape index (κ3) is 4.50. The molecule has 5 rings (SSSR count). The summed E-state index contributed by atoms with van der Waals surface area (Å²) in [4.78, 5) is 0. The van der Waals surface area contributed by atoms with Crippen molar-refractivity contribution in [1.82, 2.24) is 4.72 Å². The molecule has 36 heavy (non-hydrogen) atoms. The van der Waals surface area contributed by atoms with Crippen LogP contribution in [-0.2, 0) is 11.4 Å². The Morgan fingerprint density at radius 3 is 2.08 bits per heavy atom. The molecule has 1 unspecified atom stereocenters. The summed E-state index contributed by atoms with van der Waals surface area (Å²) in [7, 11) is -0.477. The molecule has 1 saturated heterocycles. The van der Waals surface area contributed by atoms with Crippen molar-refractivity contribution in [3.05, 3.63) is 113 Å². The van der Waals surface area contributed by atoms with Gasteiger partial charge in [-0.3, -0.25) is 0 Å². The number of rotatable bonds is 6. The SMILES string of the molecule is CC1=C(c2ccccc2)[P@]2C[C@@]1(C)C(c1ccccc1)[C@@H]2[C@H](N[S@+]([O-])C(C)(C)C)c1ccc(C)cc1. The fourth-order valence-corrected chi connectivity index (χ4v) is 11.6. The summed E-state index contributed by atoms with van der Waals surface area (Å²) in [5.41, 5.74) is 7.23. The maximum Gasteiger partial charge on any atom is 0.136 e. The van der Waals surface area contributed by atoms with Gasteiger partial charge in [0.25, 0.3) is 0 Å². The van der Waals surface area contributed by atoms with Crippen LogP contribution >= 0.6 is 7.92 Å². The number of hydrogen-bond acceptors (Lipinski definition) is 2. The molecular formula is C32H38NOPS. The maximum atomic E-state index is 13.6. The van der Waals surface area contributed by atoms with Crippen molar-refractivity contribution < 1.29 is 4.55 Å². The van der Waals surface area contributed by atoms with Crippen molar-refractivity contribution in [2.45, 2.75) is 63.9 Å². The monoisotopic (exact) mass is 515 g/mol. The molecule has 3 aromatic carbocycles. The van der Waals surface area contributed by atoms with Gasteiger partial charge in [0.15, 0.2) is 0 Å². The summed E-state index contributed by atoms with van der Waals surface area (Å²) in [5, 5.41) is 1.56. The molecular weight excluding hydrogens is 477 g/mol. The molecule has 2 bridgehead atoms. The predicted molar refractivity (Wildman–Crippen MR) is 157 cm³/mol. The van der Waals surface area contributed by atoms with Crippen molar-refractivity contribution >= 4 is 24.6 Å². The summed E-state index contributed by atoms with van der Waals surface area (Å²) < 4.78 is 17.0. The van der Waals surface area contributed by atoms with Gasteiger partial charge in [0.05, 0.1) is 6.04 Å². The van der Waals surface area contributed by atoms with E-state index in [0.29, 0.717) is 11.6 Å². The van der Waals surface area contributed by atoms with Gasteiger partial charge in [-0.15, -0.1) is 4.72 Å². The Balaban J connectivity index is 1.69. The van der Waals surface area contributed by atoms with Crippen molar-refractivity contribution in [3.8, 4) is 0 Å². The van der Waals surface area contributed by atoms with Gasteiger partial charge in [-0.1, -0.05) is 111 Å². The van der Waals surface area contributed by atoms with E-state index in [1.54, 1.807) is 10.9 Å². The molecule has 2 aliphatic heterocycles. The summed E-state index contributed by atoms with van der Waals surface area (Å²) >= 11 is -1.18. The predicted octanol–water partition coefficient (Wildman–Crippen LogP) is 8.19. The van der Waals surface area contributed by atoms with Gasteiger partial charge in [0.1, 0.15) is 4.75 Å². The summed E-state index contributed by atoms with van der Waals surface area (Å²) in [6.45, 7) is 13.2. The maximum absolute atomic E-state index is 13.6. The van der Waals surface area contributed by atoms with Crippen molar-refractivity contribution in [2.75, 3.05) is 6.16 Å². The average molecular weight is 516 g/mol. The van der Waals surface area contributed by atoms with Gasteiger partial charge in [-0.05, 0) is 62.8 Å². The molecule has 6 atom stereocenters. The fraction of sp³-hybridized carbons (Fsp3) is 0.375. The molecule has 1 fully saturated rings. The van der Waals surface area contributed by atoms with E-state index in [1.165, 1.54) is 28.4 Å². The fourth-order valence-electron chi connectivity index (χ4n) is 6.16. The second kappa shape index (κ2) is 9.76. The Morgan fingerprint density at radius 1 is 0.917 bits per heavy atom. The molecule has 3 aromatic rings. The van der Waals surface area contributed by atoms with Gasteiger partial charge in [0.2, 0.25) is 0 Å². The molecule has 0 saturated carbocycles. The number of fused-ring (bicyclic) bond motifs is 2. The highest BCUT2D eigenvalue weighted by molar-refractivity contribution is 7.90. The molecule has 0 amide bonds. The lowest BCUT2D eigenvalue weighted by atomic mass is 9.67. The van der Waals surface area contributed by atoms with Crippen LogP contribution in [0, 0.1) is 12.3 Å². The van der Waals surface area contributed by atoms with Gasteiger partial charge in [0, 0.05) is 28.4 Å². The Bertz CT molecular complexity index is 1230. The molecule has 0 spiro atoms. The average Bonchev–Trinajstić information content (AvgIpc) is 3.31. The van der Waals surface area contributed by atoms with Gasteiger partial charge in [-0.25, -0.2) is 0 Å². The zero-order chi connectivity index (χ0) is 25.7. The number of nitrogens with one attached hydrogen (secondary N) is 1. The second-order valence-corrected chi connectivity index (χ2v) is 15.9. The first kappa shape index (κ1) is 25.7. The lowest BCUT2D eigenvalue weighted by molar-refractivity contribution is 0.345. The van der Waals surface area contributed by atoms with E-state index in [9.17, 15) is 4.55 Å². The zero-order valence-corrected chi connectivity index (χ0v) is 24.0. The lowest BCUT2D eigenvalue weighted by Crippen LogP contribution is -2.46. The number of allylic oxidation sites excluding steroid dienone is 1. The highest BCUT2D eigenvalue weighted by Gasteiger charge is 2.61. The molecule has 0 aromatic heterocycles. The molecule has 0 aliphatic carbocycles. The van der Waals surface area contributed by atoms with Crippen LogP contribution in [0.2, 0.25) is 0 Å². The first-order chi connectivity index (χ1) is 17.1. The Morgan fingerprint density at radius 2 is 1.50 bits per heavy atom. The van der Waals surface area contributed by atoms with Gasteiger partial charge in [-0.2, -0.15) is 0 Å². The first-order valence-corrected chi connectivity index (χ1v) is 15.7. The minimum absolute atomic E-state index is 0.00983. The van der Waals surface area contributed by atoms with Gasteiger partial charge >= 0.3 is 0 Å². The Labute approximate surface area is 221 Å². The summed E-state index contributed by atoms with van der Waals surface area (Å²) in [6.07, 6.45) is 1.19. The molecule has 1 N–H and O–H groups in total. The third-order valence-electron chi connectivity index (χ3n) is 8.16. The number of aryl methyl sites for hydroxylation is 1. The zero-order valence-electron chi connectivity index (χ0n) is 22.3. The molecule has 188 valence electrons. The van der Waals surface area contributed by atoms with Crippen LogP contribution in [0.4, 0.5) is 0 Å². The highest BCUT2D eigenvalue weighted by atomic mass is 32.2. The van der Waals surface area contributed by atoms with Crippen LogP contribution in [0.5, 0.6) is 0 Å². The van der Waals surface area contributed by atoms with E-state index in [-0.39, 0.29) is 16.2 Å². The van der Waals surface area contributed by atoms with Gasteiger partial charge < -0.3 is 4.55 Å². The molecule has 4 heteroatoms. The van der Waals surface area contributed by atoms with Crippen LogP contribution in [0.15, 0.2) is 90.5 Å².